The standard InChI is InChI=1S/C26H28F3N3O3.C16H11F3N2O2.C10H19NO2.CH4/c1-2-35-23(33)15-18-7-11-21(12-8-18)31-25(34)22-16-30-32-13-3-4-19(24(22)32)14-17-5-9-20(10-6-17)26(27,28)29;17-16(18,19)12-5-3-10(4-6-12)8-11-2-1-7-21-14(11)13(9-20-21)15(22)23;1-2-13-10(12)7-8-3-5-9(11)6-4-8;/h3-6,9-10,13,16,18,21H,2,7-8,11-12,14-15H2,1H3,(H,31,34);1-7,9H,8H2,(H,22,23);8-9H,2-7,11H2,1H3;1H4. The number of carboxylic acid groups (broad SMARTS) is 1. The van der Waals surface area contributed by atoms with E-state index in [0.29, 0.717) is 84.1 Å². The molecule has 4 N–H and O–H groups in total. The van der Waals surface area contributed by atoms with E-state index >= 15 is 0 Å². The Morgan fingerprint density at radius 3 is 1.44 bits per heavy atom. The summed E-state index contributed by atoms with van der Waals surface area (Å²) in [6, 6.07) is 17.3. The van der Waals surface area contributed by atoms with Crippen molar-refractivity contribution in [2.75, 3.05) is 13.2 Å². The van der Waals surface area contributed by atoms with E-state index in [1.165, 1.54) is 41.2 Å². The molecule has 0 radical (unpaired) electrons. The predicted octanol–water partition coefficient (Wildman–Crippen LogP) is 10.9. The summed E-state index contributed by atoms with van der Waals surface area (Å²) in [5.41, 5.74) is 8.79. The molecule has 0 saturated heterocycles. The van der Waals surface area contributed by atoms with Crippen LogP contribution in [0.15, 0.2) is 97.6 Å². The van der Waals surface area contributed by atoms with E-state index in [9.17, 15) is 50.6 Å². The zero-order valence-corrected chi connectivity index (χ0v) is 39.5. The molecule has 19 heteroatoms. The Morgan fingerprint density at radius 2 is 1.04 bits per heavy atom. The Hall–Kier alpha value is -6.76. The third kappa shape index (κ3) is 15.6. The van der Waals surface area contributed by atoms with Crippen LogP contribution in [0.25, 0.3) is 11.0 Å². The highest BCUT2D eigenvalue weighted by molar-refractivity contribution is 6.01. The molecule has 0 spiro atoms. The number of carboxylic acids is 1. The third-order valence-corrected chi connectivity index (χ3v) is 12.7. The van der Waals surface area contributed by atoms with E-state index in [1.807, 2.05) is 13.0 Å². The summed E-state index contributed by atoms with van der Waals surface area (Å²) >= 11 is 0. The monoisotopic (exact) mass is 1010 g/mol. The van der Waals surface area contributed by atoms with Crippen molar-refractivity contribution in [3.05, 3.63) is 142 Å². The number of nitrogens with one attached hydrogen (secondary N) is 1. The first-order chi connectivity index (χ1) is 33.8. The fraction of sp³-hybridized carbons (Fsp3) is 0.434. The summed E-state index contributed by atoms with van der Waals surface area (Å²) in [5.74, 6) is -0.767. The number of carbonyl (C=O) groups excluding carboxylic acids is 3. The number of ether oxygens (including phenoxy) is 2. The van der Waals surface area contributed by atoms with Crippen molar-refractivity contribution in [2.24, 2.45) is 17.6 Å². The van der Waals surface area contributed by atoms with Crippen LogP contribution in [0.3, 0.4) is 0 Å². The Morgan fingerprint density at radius 1 is 0.639 bits per heavy atom. The summed E-state index contributed by atoms with van der Waals surface area (Å²) in [7, 11) is 0. The molecule has 2 saturated carbocycles. The Balaban J connectivity index is 0.000000223. The Kier molecular flexibility index (Phi) is 19.9. The van der Waals surface area contributed by atoms with Crippen molar-refractivity contribution < 1.29 is 60.1 Å². The first-order valence-corrected chi connectivity index (χ1v) is 23.7. The van der Waals surface area contributed by atoms with Gasteiger partial charge >= 0.3 is 30.3 Å². The highest BCUT2D eigenvalue weighted by Gasteiger charge is 2.31. The third-order valence-electron chi connectivity index (χ3n) is 12.7. The second-order valence-electron chi connectivity index (χ2n) is 17.8. The van der Waals surface area contributed by atoms with Gasteiger partial charge in [0.05, 0.1) is 53.3 Å². The fourth-order valence-electron chi connectivity index (χ4n) is 8.98. The average Bonchev–Trinajstić information content (AvgIpc) is 3.98. The predicted molar refractivity (Wildman–Crippen MR) is 258 cm³/mol. The van der Waals surface area contributed by atoms with Crippen LogP contribution < -0.4 is 11.1 Å². The number of amides is 1. The summed E-state index contributed by atoms with van der Waals surface area (Å²) < 4.78 is 89.4. The van der Waals surface area contributed by atoms with Crippen molar-refractivity contribution in [3.63, 3.8) is 0 Å². The summed E-state index contributed by atoms with van der Waals surface area (Å²) in [5, 5.41) is 20.6. The molecule has 6 aromatic rings. The molecule has 1 amide bonds. The molecule has 2 fully saturated rings. The minimum Gasteiger partial charge on any atom is -0.478 e. The van der Waals surface area contributed by atoms with Crippen LogP contribution in [0, 0.1) is 11.8 Å². The number of fused-ring (bicyclic) bond motifs is 2. The number of alkyl halides is 6. The molecule has 388 valence electrons. The SMILES string of the molecule is C.CCOC(=O)CC1CCC(N)CC1.CCOC(=O)CC1CCC(NC(=O)c2cnn3cccc(Cc4ccc(C(F)(F)F)cc4)c23)CC1.O=C(O)c1cnn2cccc(Cc3ccc(C(F)(F)F)cc3)c12. The van der Waals surface area contributed by atoms with E-state index in [-0.39, 0.29) is 42.8 Å². The Bertz CT molecular complexity index is 2720. The number of pyridine rings is 2. The van der Waals surface area contributed by atoms with Gasteiger partial charge in [0.25, 0.3) is 5.91 Å². The molecule has 0 aliphatic heterocycles. The number of hydrogen-bond acceptors (Lipinski definition) is 9. The van der Waals surface area contributed by atoms with Crippen LogP contribution in [0.2, 0.25) is 0 Å². The second-order valence-corrected chi connectivity index (χ2v) is 17.8. The molecule has 4 heterocycles. The zero-order valence-electron chi connectivity index (χ0n) is 39.5. The number of halogens is 6. The number of benzene rings is 2. The molecule has 0 bridgehead atoms. The highest BCUT2D eigenvalue weighted by Crippen LogP contribution is 2.32. The number of carbonyl (C=O) groups is 4. The number of nitrogens with zero attached hydrogens (tertiary/aromatic N) is 4. The lowest BCUT2D eigenvalue weighted by atomic mass is 9.84. The maximum atomic E-state index is 13.1. The number of esters is 2. The summed E-state index contributed by atoms with van der Waals surface area (Å²) in [6.45, 7) is 4.50. The molecule has 13 nitrogen and oxygen atoms in total. The number of aromatic carboxylic acids is 1. The average molecular weight is 1010 g/mol. The molecule has 2 aliphatic rings. The van der Waals surface area contributed by atoms with Gasteiger partial charge in [-0.1, -0.05) is 43.8 Å². The van der Waals surface area contributed by atoms with Crippen molar-refractivity contribution in [2.45, 2.75) is 123 Å². The summed E-state index contributed by atoms with van der Waals surface area (Å²) in [4.78, 5) is 47.2. The van der Waals surface area contributed by atoms with E-state index in [2.05, 4.69) is 15.5 Å². The number of aromatic nitrogens is 4. The first-order valence-electron chi connectivity index (χ1n) is 23.7. The molecule has 4 aromatic heterocycles. The van der Waals surface area contributed by atoms with E-state index in [1.54, 1.807) is 42.0 Å². The molecule has 8 rings (SSSR count). The summed E-state index contributed by atoms with van der Waals surface area (Å²) in [6.07, 6.45) is 6.61. The smallest absolute Gasteiger partial charge is 0.416 e. The highest BCUT2D eigenvalue weighted by atomic mass is 19.4. The van der Waals surface area contributed by atoms with Gasteiger partial charge in [-0.05, 0) is 149 Å². The second kappa shape index (κ2) is 25.6. The largest absolute Gasteiger partial charge is 0.478 e. The number of nitrogens with two attached hydrogens (primary N) is 1. The molecule has 0 atom stereocenters. The van der Waals surface area contributed by atoms with Gasteiger partial charge in [0, 0.05) is 37.3 Å². The molecule has 0 unspecified atom stereocenters. The zero-order chi connectivity index (χ0) is 51.3. The first kappa shape index (κ1) is 56.2. The normalized spacial score (nSPS) is 17.8. The van der Waals surface area contributed by atoms with Crippen LogP contribution in [-0.2, 0) is 44.3 Å². The maximum Gasteiger partial charge on any atom is 0.416 e. The number of rotatable bonds is 13. The van der Waals surface area contributed by atoms with Crippen LogP contribution >= 0.6 is 0 Å². The van der Waals surface area contributed by atoms with Crippen LogP contribution in [0.5, 0.6) is 0 Å². The lowest BCUT2D eigenvalue weighted by Crippen LogP contribution is -2.38. The van der Waals surface area contributed by atoms with Gasteiger partial charge in [0.2, 0.25) is 0 Å². The van der Waals surface area contributed by atoms with Crippen LogP contribution in [0.1, 0.15) is 140 Å². The van der Waals surface area contributed by atoms with Crippen molar-refractivity contribution in [1.29, 1.82) is 0 Å². The molecule has 72 heavy (non-hydrogen) atoms. The van der Waals surface area contributed by atoms with Gasteiger partial charge in [-0.25, -0.2) is 13.8 Å². The quantitative estimate of drug-likeness (QED) is 0.0744. The van der Waals surface area contributed by atoms with Crippen LogP contribution in [0.4, 0.5) is 26.3 Å². The van der Waals surface area contributed by atoms with Gasteiger partial charge in [-0.15, -0.1) is 0 Å². The van der Waals surface area contributed by atoms with E-state index in [0.717, 1.165) is 81.2 Å². The lowest BCUT2D eigenvalue weighted by Gasteiger charge is -2.28. The minimum atomic E-state index is -4.38. The molecule has 2 aliphatic carbocycles. The van der Waals surface area contributed by atoms with Crippen molar-refractivity contribution >= 4 is 34.8 Å². The van der Waals surface area contributed by atoms with Gasteiger partial charge in [0.1, 0.15) is 5.56 Å². The lowest BCUT2D eigenvalue weighted by molar-refractivity contribution is -0.145. The maximum absolute atomic E-state index is 13.1. The van der Waals surface area contributed by atoms with Crippen molar-refractivity contribution in [3.8, 4) is 0 Å². The molecular formula is C53H62F6N6O7. The van der Waals surface area contributed by atoms with Gasteiger partial charge in [-0.2, -0.15) is 36.5 Å². The Labute approximate surface area is 414 Å². The van der Waals surface area contributed by atoms with Gasteiger partial charge in [0.15, 0.2) is 0 Å². The minimum absolute atomic E-state index is 0. The van der Waals surface area contributed by atoms with Crippen LogP contribution in [-0.4, -0.2) is 73.4 Å². The van der Waals surface area contributed by atoms with Gasteiger partial charge in [-0.3, -0.25) is 14.4 Å². The topological polar surface area (TPSA) is 180 Å². The van der Waals surface area contributed by atoms with Crippen molar-refractivity contribution in [1.82, 2.24) is 24.5 Å². The van der Waals surface area contributed by atoms with E-state index in [4.69, 9.17) is 15.2 Å². The van der Waals surface area contributed by atoms with E-state index < -0.39 is 29.4 Å². The van der Waals surface area contributed by atoms with Gasteiger partial charge < -0.3 is 25.6 Å². The fourth-order valence-corrected chi connectivity index (χ4v) is 8.98. The molecule has 2 aromatic carbocycles. The number of hydrogen-bond donors (Lipinski definition) is 3. The molecular weight excluding hydrogens is 947 g/mol.